The molecule has 1 N–H and O–H groups in total. The number of nitrogens with one attached hydrogen (secondary N) is 1. The van der Waals surface area contributed by atoms with Gasteiger partial charge in [0.25, 0.3) is 5.91 Å². The van der Waals surface area contributed by atoms with Crippen molar-refractivity contribution in [3.63, 3.8) is 0 Å². The van der Waals surface area contributed by atoms with E-state index in [-0.39, 0.29) is 17.2 Å². The van der Waals surface area contributed by atoms with Crippen molar-refractivity contribution in [3.8, 4) is 0 Å². The summed E-state index contributed by atoms with van der Waals surface area (Å²) in [5.41, 5.74) is 0.0318. The monoisotopic (exact) mass is 197 g/mol. The van der Waals surface area contributed by atoms with Gasteiger partial charge in [0.2, 0.25) is 0 Å². The maximum atomic E-state index is 13.3. The molecule has 0 aliphatic carbocycles. The van der Waals surface area contributed by atoms with Crippen LogP contribution in [0.25, 0.3) is 0 Å². The van der Waals surface area contributed by atoms with E-state index in [0.29, 0.717) is 6.42 Å². The highest BCUT2D eigenvalue weighted by Gasteiger charge is 2.27. The van der Waals surface area contributed by atoms with Gasteiger partial charge < -0.3 is 5.32 Å². The lowest BCUT2D eigenvalue weighted by Crippen LogP contribution is -2.40. The number of rotatable bonds is 0. The van der Waals surface area contributed by atoms with Gasteiger partial charge in [-0.1, -0.05) is 0 Å². The average Bonchev–Trinajstić information content (AvgIpc) is 2.10. The number of benzene rings is 1. The molecule has 2 nitrogen and oxygen atoms in total. The number of carbonyl (C=O) groups is 1. The zero-order chi connectivity index (χ0) is 10.3. The summed E-state index contributed by atoms with van der Waals surface area (Å²) in [7, 11) is 0. The molecule has 1 unspecified atom stereocenters. The highest BCUT2D eigenvalue weighted by atomic mass is 19.1. The van der Waals surface area contributed by atoms with Crippen molar-refractivity contribution in [3.05, 3.63) is 34.9 Å². The van der Waals surface area contributed by atoms with Crippen LogP contribution in [0.1, 0.15) is 22.8 Å². The Hall–Kier alpha value is -1.45. The van der Waals surface area contributed by atoms with Gasteiger partial charge in [0.05, 0.1) is 5.56 Å². The first-order chi connectivity index (χ1) is 6.59. The number of amides is 1. The molecule has 0 fully saturated rings. The molecule has 0 aromatic heterocycles. The first kappa shape index (κ1) is 9.12. The Morgan fingerprint density at radius 3 is 2.71 bits per heavy atom. The largest absolute Gasteiger partial charge is 0.349 e. The van der Waals surface area contributed by atoms with Crippen molar-refractivity contribution in [2.75, 3.05) is 0 Å². The third kappa shape index (κ3) is 1.27. The average molecular weight is 197 g/mol. The van der Waals surface area contributed by atoms with E-state index in [4.69, 9.17) is 0 Å². The van der Waals surface area contributed by atoms with Crippen molar-refractivity contribution in [1.82, 2.24) is 5.32 Å². The molecule has 14 heavy (non-hydrogen) atoms. The molecule has 0 saturated heterocycles. The van der Waals surface area contributed by atoms with E-state index in [1.165, 1.54) is 0 Å². The van der Waals surface area contributed by atoms with Crippen molar-refractivity contribution < 1.29 is 13.6 Å². The third-order valence-corrected chi connectivity index (χ3v) is 2.32. The van der Waals surface area contributed by atoms with Crippen LogP contribution in [0.15, 0.2) is 12.1 Å². The second kappa shape index (κ2) is 3.04. The molecule has 1 heterocycles. The van der Waals surface area contributed by atoms with Crippen molar-refractivity contribution in [2.24, 2.45) is 0 Å². The summed E-state index contributed by atoms with van der Waals surface area (Å²) >= 11 is 0. The molecule has 1 aliphatic heterocycles. The second-order valence-corrected chi connectivity index (χ2v) is 3.46. The smallest absolute Gasteiger partial charge is 0.254 e. The van der Waals surface area contributed by atoms with Crippen LogP contribution in [-0.4, -0.2) is 11.9 Å². The highest BCUT2D eigenvalue weighted by molar-refractivity contribution is 5.97. The van der Waals surface area contributed by atoms with E-state index >= 15 is 0 Å². The molecule has 74 valence electrons. The van der Waals surface area contributed by atoms with E-state index < -0.39 is 17.5 Å². The lowest BCUT2D eigenvalue weighted by atomic mass is 9.95. The molecule has 0 bridgehead atoms. The summed E-state index contributed by atoms with van der Waals surface area (Å²) in [4.78, 5) is 11.4. The molecule has 0 radical (unpaired) electrons. The van der Waals surface area contributed by atoms with Crippen LogP contribution in [0.4, 0.5) is 8.78 Å². The van der Waals surface area contributed by atoms with Gasteiger partial charge in [0, 0.05) is 11.6 Å². The zero-order valence-electron chi connectivity index (χ0n) is 7.60. The number of hydrogen-bond donors (Lipinski definition) is 1. The van der Waals surface area contributed by atoms with Crippen LogP contribution in [0.3, 0.4) is 0 Å². The first-order valence-electron chi connectivity index (χ1n) is 4.37. The van der Waals surface area contributed by atoms with Gasteiger partial charge in [-0.2, -0.15) is 0 Å². The van der Waals surface area contributed by atoms with Crippen LogP contribution in [0.5, 0.6) is 0 Å². The standard InChI is InChI=1S/C10H9F2NO/c1-5-4-6-7(11)2-3-8(12)9(6)10(14)13-5/h2-3,5H,4H2,1H3,(H,13,14). The molecule has 1 aliphatic rings. The minimum Gasteiger partial charge on any atom is -0.349 e. The predicted octanol–water partition coefficient (Wildman–Crippen LogP) is 1.64. The van der Waals surface area contributed by atoms with Gasteiger partial charge >= 0.3 is 0 Å². The normalized spacial score (nSPS) is 20.2. The fourth-order valence-corrected chi connectivity index (χ4v) is 1.69. The van der Waals surface area contributed by atoms with Gasteiger partial charge in [-0.05, 0) is 25.5 Å². The topological polar surface area (TPSA) is 29.1 Å². The molecular weight excluding hydrogens is 188 g/mol. The van der Waals surface area contributed by atoms with E-state index in [0.717, 1.165) is 12.1 Å². The second-order valence-electron chi connectivity index (χ2n) is 3.46. The zero-order valence-corrected chi connectivity index (χ0v) is 7.60. The van der Waals surface area contributed by atoms with Gasteiger partial charge in [0.15, 0.2) is 0 Å². The van der Waals surface area contributed by atoms with Crippen molar-refractivity contribution >= 4 is 5.91 Å². The molecule has 2 rings (SSSR count). The molecule has 1 amide bonds. The number of halogens is 2. The minimum absolute atomic E-state index is 0.147. The highest BCUT2D eigenvalue weighted by Crippen LogP contribution is 2.22. The van der Waals surface area contributed by atoms with Gasteiger partial charge in [-0.3, -0.25) is 4.79 Å². The summed E-state index contributed by atoms with van der Waals surface area (Å²) in [5.74, 6) is -1.70. The SMILES string of the molecule is CC1Cc2c(F)ccc(F)c2C(=O)N1. The molecule has 0 spiro atoms. The molecule has 4 heteroatoms. The molecule has 1 aromatic rings. The number of fused-ring (bicyclic) bond motifs is 1. The van der Waals surface area contributed by atoms with Crippen LogP contribution in [0.2, 0.25) is 0 Å². The maximum absolute atomic E-state index is 13.3. The Kier molecular flexibility index (Phi) is 1.98. The summed E-state index contributed by atoms with van der Waals surface area (Å²) in [5, 5.41) is 2.56. The molecule has 1 atom stereocenters. The molecule has 0 saturated carbocycles. The number of hydrogen-bond acceptors (Lipinski definition) is 1. The Bertz CT molecular complexity index is 403. The third-order valence-electron chi connectivity index (χ3n) is 2.32. The maximum Gasteiger partial charge on any atom is 0.254 e. The van der Waals surface area contributed by atoms with Crippen molar-refractivity contribution in [2.45, 2.75) is 19.4 Å². The lowest BCUT2D eigenvalue weighted by molar-refractivity contribution is 0.0923. The van der Waals surface area contributed by atoms with Crippen LogP contribution >= 0.6 is 0 Å². The van der Waals surface area contributed by atoms with Crippen LogP contribution in [0, 0.1) is 11.6 Å². The summed E-state index contributed by atoms with van der Waals surface area (Å²) < 4.78 is 26.5. The van der Waals surface area contributed by atoms with Crippen LogP contribution in [-0.2, 0) is 6.42 Å². The Labute approximate surface area is 79.9 Å². The fourth-order valence-electron chi connectivity index (χ4n) is 1.69. The van der Waals surface area contributed by atoms with Gasteiger partial charge in [-0.25, -0.2) is 8.78 Å². The van der Waals surface area contributed by atoms with Gasteiger partial charge in [0.1, 0.15) is 11.6 Å². The Morgan fingerprint density at radius 1 is 1.36 bits per heavy atom. The van der Waals surface area contributed by atoms with Crippen LogP contribution < -0.4 is 5.32 Å². The fraction of sp³-hybridized carbons (Fsp3) is 0.300. The summed E-state index contributed by atoms with van der Waals surface area (Å²) in [6.07, 6.45) is 0.338. The number of carbonyl (C=O) groups excluding carboxylic acids is 1. The van der Waals surface area contributed by atoms with E-state index in [9.17, 15) is 13.6 Å². The summed E-state index contributed by atoms with van der Waals surface area (Å²) in [6.45, 7) is 1.76. The quantitative estimate of drug-likeness (QED) is 0.673. The molecular formula is C10H9F2NO. The molecule has 1 aromatic carbocycles. The van der Waals surface area contributed by atoms with E-state index in [2.05, 4.69) is 5.32 Å². The summed E-state index contributed by atoms with van der Waals surface area (Å²) in [6, 6.07) is 1.88. The van der Waals surface area contributed by atoms with Gasteiger partial charge in [-0.15, -0.1) is 0 Å². The lowest BCUT2D eigenvalue weighted by Gasteiger charge is -2.23. The Balaban J connectivity index is 2.63. The minimum atomic E-state index is -0.661. The predicted molar refractivity (Wildman–Crippen MR) is 47.0 cm³/mol. The van der Waals surface area contributed by atoms with Crippen molar-refractivity contribution in [1.29, 1.82) is 0 Å². The van der Waals surface area contributed by atoms with E-state index in [1.807, 2.05) is 0 Å². The Morgan fingerprint density at radius 2 is 2.00 bits per heavy atom. The van der Waals surface area contributed by atoms with E-state index in [1.54, 1.807) is 6.92 Å². The first-order valence-corrected chi connectivity index (χ1v) is 4.37.